The number of carboxylic acids is 2. The quantitative estimate of drug-likeness (QED) is 0.171. The van der Waals surface area contributed by atoms with Crippen molar-refractivity contribution < 1.29 is 24.6 Å². The summed E-state index contributed by atoms with van der Waals surface area (Å²) in [5.41, 5.74) is 10.1. The molecule has 0 heterocycles. The summed E-state index contributed by atoms with van der Waals surface area (Å²) >= 11 is 0. The fourth-order valence-corrected chi connectivity index (χ4v) is 3.57. The van der Waals surface area contributed by atoms with Gasteiger partial charge in [-0.1, -0.05) is 61.7 Å². The molecule has 0 saturated heterocycles. The van der Waals surface area contributed by atoms with E-state index in [-0.39, 0.29) is 0 Å². The van der Waals surface area contributed by atoms with Crippen molar-refractivity contribution in [2.45, 2.75) is 95.2 Å². The van der Waals surface area contributed by atoms with E-state index in [0.717, 1.165) is 44.1 Å². The summed E-state index contributed by atoms with van der Waals surface area (Å²) in [6.07, 6.45) is 11.2. The van der Waals surface area contributed by atoms with Gasteiger partial charge in [0.1, 0.15) is 11.1 Å². The second-order valence-electron chi connectivity index (χ2n) is 9.46. The molecule has 8 nitrogen and oxygen atoms in total. The first kappa shape index (κ1) is 29.3. The van der Waals surface area contributed by atoms with Gasteiger partial charge in [-0.05, 0) is 64.4 Å². The second-order valence-corrected chi connectivity index (χ2v) is 9.46. The van der Waals surface area contributed by atoms with E-state index in [9.17, 15) is 19.5 Å². The third-order valence-electron chi connectivity index (χ3n) is 6.03. The number of aliphatic carboxylic acids is 2. The molecule has 1 aromatic carbocycles. The molecular weight excluding hydrogens is 434 g/mol. The zero-order valence-corrected chi connectivity index (χ0v) is 20.5. The largest absolute Gasteiger partial charge is 0.480 e. The van der Waals surface area contributed by atoms with E-state index in [1.54, 1.807) is 0 Å². The summed E-state index contributed by atoms with van der Waals surface area (Å²) in [4.78, 5) is 35.3. The molecule has 3 atom stereocenters. The van der Waals surface area contributed by atoms with Crippen molar-refractivity contribution in [2.75, 3.05) is 0 Å². The molecule has 1 rings (SSSR count). The number of allylic oxidation sites excluding steroid dienone is 2. The molecule has 0 unspecified atom stereocenters. The summed E-state index contributed by atoms with van der Waals surface area (Å²) in [6.45, 7) is 3.06. The van der Waals surface area contributed by atoms with Gasteiger partial charge in [0.2, 0.25) is 5.91 Å². The zero-order valence-electron chi connectivity index (χ0n) is 20.5. The maximum Gasteiger partial charge on any atom is 0.329 e. The summed E-state index contributed by atoms with van der Waals surface area (Å²) < 4.78 is 0. The summed E-state index contributed by atoms with van der Waals surface area (Å²) in [5.74, 6) is -2.51. The molecule has 8 heteroatoms. The van der Waals surface area contributed by atoms with Gasteiger partial charge >= 0.3 is 11.9 Å². The first-order valence-corrected chi connectivity index (χ1v) is 12.0. The Labute approximate surface area is 202 Å². The van der Waals surface area contributed by atoms with Gasteiger partial charge in [-0.2, -0.15) is 0 Å². The molecule has 190 valence electrons. The summed E-state index contributed by atoms with van der Waals surface area (Å²) in [6, 6.07) is 8.58. The molecule has 0 aliphatic rings. The maximum absolute atomic E-state index is 12.5. The highest BCUT2D eigenvalue weighted by Gasteiger charge is 2.35. The minimum Gasteiger partial charge on any atom is -0.480 e. The SMILES string of the molecule is C[C@](N)(CCC/C=C/CCCCCC[C@@](C)(NC(=O)[C@@H](N)Cc1ccccc1)C(=O)O)C(=O)O. The number of benzene rings is 1. The highest BCUT2D eigenvalue weighted by molar-refractivity contribution is 5.89. The minimum atomic E-state index is -1.35. The monoisotopic (exact) mass is 475 g/mol. The van der Waals surface area contributed by atoms with Crippen LogP contribution in [0.15, 0.2) is 42.5 Å². The van der Waals surface area contributed by atoms with Gasteiger partial charge in [0.25, 0.3) is 0 Å². The smallest absolute Gasteiger partial charge is 0.329 e. The van der Waals surface area contributed by atoms with Crippen LogP contribution in [0.2, 0.25) is 0 Å². The number of carbonyl (C=O) groups is 3. The summed E-state index contributed by atoms with van der Waals surface area (Å²) in [5, 5.41) is 21.3. The number of nitrogens with two attached hydrogens (primary N) is 2. The van der Waals surface area contributed by atoms with E-state index >= 15 is 0 Å². The van der Waals surface area contributed by atoms with Crippen LogP contribution in [0.1, 0.15) is 77.2 Å². The predicted octanol–water partition coefficient (Wildman–Crippen LogP) is 3.39. The number of nitrogens with one attached hydrogen (secondary N) is 1. The van der Waals surface area contributed by atoms with E-state index in [1.165, 1.54) is 13.8 Å². The van der Waals surface area contributed by atoms with Gasteiger partial charge < -0.3 is 27.0 Å². The number of carboxylic acid groups (broad SMARTS) is 2. The molecule has 7 N–H and O–H groups in total. The van der Waals surface area contributed by atoms with Crippen LogP contribution in [0.4, 0.5) is 0 Å². The lowest BCUT2D eigenvalue weighted by Crippen LogP contribution is -2.56. The third-order valence-corrected chi connectivity index (χ3v) is 6.03. The van der Waals surface area contributed by atoms with Crippen molar-refractivity contribution >= 4 is 17.8 Å². The van der Waals surface area contributed by atoms with Crippen molar-refractivity contribution in [1.82, 2.24) is 5.32 Å². The van der Waals surface area contributed by atoms with Crippen molar-refractivity contribution in [2.24, 2.45) is 11.5 Å². The van der Waals surface area contributed by atoms with Crippen LogP contribution in [-0.2, 0) is 20.8 Å². The lowest BCUT2D eigenvalue weighted by Gasteiger charge is -2.28. The standard InChI is InChI=1S/C26H41N3O5/c1-25(28,23(31)32)17-13-8-6-4-3-5-7-9-14-18-26(2,24(33)34)29-22(30)21(27)19-20-15-11-10-12-16-20/h4,6,10-12,15-16,21H,3,5,7-9,13-14,17-19,27-28H2,1-2H3,(H,29,30)(H,31,32)(H,33,34)/b6-4+/t21-,25-,26+/m0/s1. The van der Waals surface area contributed by atoms with E-state index < -0.39 is 35.0 Å². The van der Waals surface area contributed by atoms with E-state index in [0.29, 0.717) is 25.7 Å². The number of unbranched alkanes of at least 4 members (excludes halogenated alkanes) is 5. The lowest BCUT2D eigenvalue weighted by molar-refractivity contribution is -0.147. The van der Waals surface area contributed by atoms with E-state index in [2.05, 4.69) is 11.4 Å². The molecule has 0 aromatic heterocycles. The Balaban J connectivity index is 2.28. The Kier molecular flexibility index (Phi) is 12.5. The van der Waals surface area contributed by atoms with Crippen LogP contribution < -0.4 is 16.8 Å². The van der Waals surface area contributed by atoms with Crippen LogP contribution in [0.3, 0.4) is 0 Å². The van der Waals surface area contributed by atoms with Gasteiger partial charge in [0.15, 0.2) is 0 Å². The molecular formula is C26H41N3O5. The molecule has 0 fully saturated rings. The van der Waals surface area contributed by atoms with Crippen molar-refractivity contribution in [3.63, 3.8) is 0 Å². The van der Waals surface area contributed by atoms with Crippen LogP contribution in [0.5, 0.6) is 0 Å². The topological polar surface area (TPSA) is 156 Å². The normalized spacial score (nSPS) is 15.9. The van der Waals surface area contributed by atoms with Gasteiger partial charge in [-0.15, -0.1) is 0 Å². The fraction of sp³-hybridized carbons (Fsp3) is 0.577. The first-order chi connectivity index (χ1) is 16.0. The van der Waals surface area contributed by atoms with Crippen molar-refractivity contribution in [3.05, 3.63) is 48.0 Å². The summed E-state index contributed by atoms with van der Waals surface area (Å²) in [7, 11) is 0. The van der Waals surface area contributed by atoms with Gasteiger partial charge in [-0.25, -0.2) is 4.79 Å². The van der Waals surface area contributed by atoms with Gasteiger partial charge in [-0.3, -0.25) is 9.59 Å². The Morgan fingerprint density at radius 2 is 1.50 bits per heavy atom. The second kappa shape index (κ2) is 14.5. The Bertz CT molecular complexity index is 810. The van der Waals surface area contributed by atoms with Gasteiger partial charge in [0.05, 0.1) is 6.04 Å². The first-order valence-electron chi connectivity index (χ1n) is 12.0. The number of rotatable bonds is 17. The van der Waals surface area contributed by atoms with Crippen LogP contribution in [-0.4, -0.2) is 45.2 Å². The lowest BCUT2D eigenvalue weighted by atomic mass is 9.93. The minimum absolute atomic E-state index is 0.337. The molecule has 0 aliphatic heterocycles. The van der Waals surface area contributed by atoms with Crippen molar-refractivity contribution in [1.29, 1.82) is 0 Å². The number of hydrogen-bond donors (Lipinski definition) is 5. The maximum atomic E-state index is 12.5. The van der Waals surface area contributed by atoms with Crippen LogP contribution in [0, 0.1) is 0 Å². The number of carbonyl (C=O) groups excluding carboxylic acids is 1. The molecule has 34 heavy (non-hydrogen) atoms. The number of hydrogen-bond acceptors (Lipinski definition) is 5. The Morgan fingerprint density at radius 1 is 0.912 bits per heavy atom. The predicted molar refractivity (Wildman–Crippen MR) is 133 cm³/mol. The third kappa shape index (κ3) is 10.9. The molecule has 0 aliphatic carbocycles. The molecule has 0 spiro atoms. The fourth-order valence-electron chi connectivity index (χ4n) is 3.57. The molecule has 0 radical (unpaired) electrons. The zero-order chi connectivity index (χ0) is 25.6. The average molecular weight is 476 g/mol. The van der Waals surface area contributed by atoms with Crippen molar-refractivity contribution in [3.8, 4) is 0 Å². The molecule has 0 saturated carbocycles. The molecule has 1 aromatic rings. The molecule has 0 bridgehead atoms. The number of amides is 1. The van der Waals surface area contributed by atoms with E-state index in [4.69, 9.17) is 16.6 Å². The van der Waals surface area contributed by atoms with Crippen LogP contribution >= 0.6 is 0 Å². The molecule has 1 amide bonds. The average Bonchev–Trinajstić information content (AvgIpc) is 2.77. The van der Waals surface area contributed by atoms with E-state index in [1.807, 2.05) is 36.4 Å². The highest BCUT2D eigenvalue weighted by atomic mass is 16.4. The van der Waals surface area contributed by atoms with Gasteiger partial charge in [0, 0.05) is 0 Å². The Hall–Kier alpha value is -2.71. The van der Waals surface area contributed by atoms with Crippen LogP contribution in [0.25, 0.3) is 0 Å². The highest BCUT2D eigenvalue weighted by Crippen LogP contribution is 2.17. The Morgan fingerprint density at radius 3 is 2.09 bits per heavy atom.